The van der Waals surface area contributed by atoms with Crippen LogP contribution in [0.4, 0.5) is 0 Å². The highest BCUT2D eigenvalue weighted by atomic mass is 32.7. The summed E-state index contributed by atoms with van der Waals surface area (Å²) < 4.78 is 24.3. The van der Waals surface area contributed by atoms with Crippen molar-refractivity contribution in [3.63, 3.8) is 0 Å². The Morgan fingerprint density at radius 2 is 2.36 bits per heavy atom. The number of rotatable bonds is 4. The molecular weight excluding hydrogens is 329 g/mol. The van der Waals surface area contributed by atoms with Gasteiger partial charge in [0.2, 0.25) is 0 Å². The highest BCUT2D eigenvalue weighted by Crippen LogP contribution is 2.47. The lowest BCUT2D eigenvalue weighted by molar-refractivity contribution is -0.0126. The van der Waals surface area contributed by atoms with Crippen LogP contribution in [-0.4, -0.2) is 31.6 Å². The van der Waals surface area contributed by atoms with E-state index in [0.29, 0.717) is 17.6 Å². The van der Waals surface area contributed by atoms with E-state index in [-0.39, 0.29) is 12.3 Å². The van der Waals surface area contributed by atoms with Crippen LogP contribution >= 0.6 is 19.0 Å². The van der Waals surface area contributed by atoms with Crippen molar-refractivity contribution < 1.29 is 18.7 Å². The molecule has 0 spiro atoms. The van der Waals surface area contributed by atoms with Crippen LogP contribution in [0.3, 0.4) is 0 Å². The van der Waals surface area contributed by atoms with Crippen LogP contribution in [0.2, 0.25) is 0 Å². The van der Waals surface area contributed by atoms with Crippen LogP contribution in [0.15, 0.2) is 41.6 Å². The van der Waals surface area contributed by atoms with Crippen LogP contribution in [0.25, 0.3) is 5.65 Å². The van der Waals surface area contributed by atoms with E-state index >= 15 is 0 Å². The number of hydrogen-bond donors (Lipinski definition) is 2. The van der Waals surface area contributed by atoms with Crippen molar-refractivity contribution in [1.82, 2.24) is 14.0 Å². The summed E-state index contributed by atoms with van der Waals surface area (Å²) in [5.41, 5.74) is 0.924. The van der Waals surface area contributed by atoms with E-state index in [0.717, 1.165) is 0 Å². The SMILES string of the molecule is C=C1C[C@@H](COP(=O)(O)S)O[C@H]1n1ccc2nccn2c1=O. The minimum absolute atomic E-state index is 0.102. The Labute approximate surface area is 130 Å². The van der Waals surface area contributed by atoms with Crippen LogP contribution in [0.5, 0.6) is 0 Å². The molecule has 1 unspecified atom stereocenters. The molecule has 0 radical (unpaired) electrons. The zero-order valence-electron chi connectivity index (χ0n) is 11.4. The number of fused-ring (bicyclic) bond motifs is 1. The van der Waals surface area contributed by atoms with Crippen molar-refractivity contribution >= 4 is 24.7 Å². The number of hydrogen-bond acceptors (Lipinski definition) is 5. The molecule has 0 amide bonds. The first-order valence-corrected chi connectivity index (χ1v) is 9.15. The number of ether oxygens (including phenoxy) is 1. The molecule has 1 saturated heterocycles. The minimum Gasteiger partial charge on any atom is -0.348 e. The van der Waals surface area contributed by atoms with E-state index in [1.807, 2.05) is 0 Å². The topological polar surface area (TPSA) is 95.1 Å². The molecule has 1 fully saturated rings. The molecular formula is C12H14N3O5PS. The van der Waals surface area contributed by atoms with Crippen molar-refractivity contribution in [2.75, 3.05) is 6.61 Å². The molecule has 0 bridgehead atoms. The Morgan fingerprint density at radius 3 is 3.09 bits per heavy atom. The maximum Gasteiger partial charge on any atom is 0.383 e. The monoisotopic (exact) mass is 343 g/mol. The van der Waals surface area contributed by atoms with Gasteiger partial charge >= 0.3 is 12.5 Å². The van der Waals surface area contributed by atoms with E-state index < -0.39 is 19.1 Å². The molecule has 2 aromatic rings. The van der Waals surface area contributed by atoms with E-state index in [1.165, 1.54) is 15.2 Å². The Balaban J connectivity index is 1.82. The van der Waals surface area contributed by atoms with Crippen molar-refractivity contribution in [2.24, 2.45) is 0 Å². The molecule has 1 aliphatic heterocycles. The van der Waals surface area contributed by atoms with Gasteiger partial charge in [-0.2, -0.15) is 0 Å². The summed E-state index contributed by atoms with van der Waals surface area (Å²) in [6.07, 6.45) is 4.00. The first kappa shape index (κ1) is 15.5. The van der Waals surface area contributed by atoms with Crippen LogP contribution in [0.1, 0.15) is 12.6 Å². The fraction of sp³-hybridized carbons (Fsp3) is 0.333. The Hall–Kier alpha value is -1.38. The third-order valence-electron chi connectivity index (χ3n) is 3.32. The second-order valence-electron chi connectivity index (χ2n) is 4.92. The summed E-state index contributed by atoms with van der Waals surface area (Å²) in [7, 11) is 0. The number of thiol groups is 1. The molecule has 10 heteroatoms. The molecule has 22 heavy (non-hydrogen) atoms. The summed E-state index contributed by atoms with van der Waals surface area (Å²) in [6, 6.07) is 1.69. The molecule has 0 aromatic carbocycles. The molecule has 0 saturated carbocycles. The molecule has 8 nitrogen and oxygen atoms in total. The van der Waals surface area contributed by atoms with Crippen LogP contribution < -0.4 is 5.69 Å². The summed E-state index contributed by atoms with van der Waals surface area (Å²) in [5.74, 6) is 0. The summed E-state index contributed by atoms with van der Waals surface area (Å²) >= 11 is 3.44. The van der Waals surface area contributed by atoms with Crippen molar-refractivity contribution in [2.45, 2.75) is 18.8 Å². The normalized spacial score (nSPS) is 24.7. The second-order valence-corrected chi connectivity index (χ2v) is 7.68. The maximum absolute atomic E-state index is 12.4. The van der Waals surface area contributed by atoms with Gasteiger partial charge in [-0.15, -0.1) is 0 Å². The summed E-state index contributed by atoms with van der Waals surface area (Å²) in [5, 5.41) is 0. The molecule has 118 valence electrons. The number of nitrogens with zero attached hydrogens (tertiary/aromatic N) is 3. The second kappa shape index (κ2) is 5.68. The van der Waals surface area contributed by atoms with E-state index in [1.54, 1.807) is 18.5 Å². The fourth-order valence-electron chi connectivity index (χ4n) is 2.37. The van der Waals surface area contributed by atoms with E-state index in [9.17, 15) is 9.36 Å². The highest BCUT2D eigenvalue weighted by Gasteiger charge is 2.32. The summed E-state index contributed by atoms with van der Waals surface area (Å²) in [4.78, 5) is 25.4. The predicted octanol–water partition coefficient (Wildman–Crippen LogP) is 1.39. The standard InChI is InChI=1S/C12H14N3O5PS/c1-8-6-9(7-19-21(17,18)22)20-11(8)15-4-2-10-13-3-5-14(10)12(15)16/h2-5,9,11H,1,6-7H2,(H2,17,18,22)/t9-,11+/m0/s1. The Bertz CT molecular complexity index is 826. The number of imidazole rings is 1. The van der Waals surface area contributed by atoms with Gasteiger partial charge in [0.15, 0.2) is 6.23 Å². The minimum atomic E-state index is -3.86. The average molecular weight is 343 g/mol. The van der Waals surface area contributed by atoms with Gasteiger partial charge in [-0.3, -0.25) is 13.5 Å². The molecule has 1 N–H and O–H groups in total. The lowest BCUT2D eigenvalue weighted by Crippen LogP contribution is -2.30. The van der Waals surface area contributed by atoms with E-state index in [4.69, 9.17) is 14.2 Å². The van der Waals surface area contributed by atoms with Crippen molar-refractivity contribution in [3.8, 4) is 0 Å². The molecule has 1 aliphatic rings. The van der Waals surface area contributed by atoms with Gasteiger partial charge in [0.1, 0.15) is 5.65 Å². The lowest BCUT2D eigenvalue weighted by atomic mass is 10.2. The quantitative estimate of drug-likeness (QED) is 0.495. The van der Waals surface area contributed by atoms with Gasteiger partial charge in [0.05, 0.1) is 12.7 Å². The average Bonchev–Trinajstić information content (AvgIpc) is 3.03. The highest BCUT2D eigenvalue weighted by molar-refractivity contribution is 8.44. The maximum atomic E-state index is 12.4. The first-order valence-electron chi connectivity index (χ1n) is 6.42. The molecule has 2 aromatic heterocycles. The van der Waals surface area contributed by atoms with Gasteiger partial charge in [0.25, 0.3) is 0 Å². The fourth-order valence-corrected chi connectivity index (χ4v) is 2.93. The van der Waals surface area contributed by atoms with Gasteiger partial charge in [0, 0.05) is 25.0 Å². The smallest absolute Gasteiger partial charge is 0.348 e. The first-order chi connectivity index (χ1) is 10.3. The Morgan fingerprint density at radius 1 is 1.59 bits per heavy atom. The van der Waals surface area contributed by atoms with Crippen LogP contribution in [0, 0.1) is 0 Å². The largest absolute Gasteiger partial charge is 0.383 e. The molecule has 0 aliphatic carbocycles. The van der Waals surface area contributed by atoms with E-state index in [2.05, 4.69) is 23.8 Å². The summed E-state index contributed by atoms with van der Waals surface area (Å²) in [6.45, 7) is -0.0622. The predicted molar refractivity (Wildman–Crippen MR) is 81.9 cm³/mol. The van der Waals surface area contributed by atoms with Crippen molar-refractivity contribution in [1.29, 1.82) is 0 Å². The van der Waals surface area contributed by atoms with Gasteiger partial charge in [-0.05, 0) is 11.6 Å². The molecule has 3 atom stereocenters. The van der Waals surface area contributed by atoms with Crippen LogP contribution in [-0.2, 0) is 13.8 Å². The third-order valence-corrected chi connectivity index (χ3v) is 4.15. The van der Waals surface area contributed by atoms with Gasteiger partial charge < -0.3 is 9.63 Å². The molecule has 3 heterocycles. The zero-order chi connectivity index (χ0) is 15.9. The Kier molecular flexibility index (Phi) is 4.00. The van der Waals surface area contributed by atoms with Gasteiger partial charge in [-0.25, -0.2) is 14.3 Å². The zero-order valence-corrected chi connectivity index (χ0v) is 13.2. The van der Waals surface area contributed by atoms with Crippen molar-refractivity contribution in [3.05, 3.63) is 47.3 Å². The third kappa shape index (κ3) is 3.04. The molecule has 3 rings (SSSR count). The lowest BCUT2D eigenvalue weighted by Gasteiger charge is -2.16. The van der Waals surface area contributed by atoms with Gasteiger partial charge in [-0.1, -0.05) is 18.8 Å². The number of aromatic nitrogens is 3.